The SMILES string of the molecule is CCC(C)C1=CC=C2NC(=O)NC2C1. The smallest absolute Gasteiger partial charge is 0.319 e. The quantitative estimate of drug-likeness (QED) is 0.689. The van der Waals surface area contributed by atoms with Gasteiger partial charge in [0.1, 0.15) is 0 Å². The first-order valence-corrected chi connectivity index (χ1v) is 5.19. The van der Waals surface area contributed by atoms with E-state index in [1.54, 1.807) is 0 Å². The number of hydrogen-bond acceptors (Lipinski definition) is 1. The molecule has 3 nitrogen and oxygen atoms in total. The molecule has 0 aromatic heterocycles. The van der Waals surface area contributed by atoms with Crippen LogP contribution in [0.4, 0.5) is 4.79 Å². The second-order valence-corrected chi connectivity index (χ2v) is 4.03. The van der Waals surface area contributed by atoms with Crippen LogP contribution in [0.3, 0.4) is 0 Å². The monoisotopic (exact) mass is 192 g/mol. The minimum atomic E-state index is -0.0694. The number of rotatable bonds is 2. The van der Waals surface area contributed by atoms with E-state index in [0.717, 1.165) is 18.5 Å². The van der Waals surface area contributed by atoms with Gasteiger partial charge in [0.25, 0.3) is 0 Å². The molecule has 14 heavy (non-hydrogen) atoms. The van der Waals surface area contributed by atoms with E-state index in [1.165, 1.54) is 5.57 Å². The third-order valence-electron chi connectivity index (χ3n) is 3.10. The van der Waals surface area contributed by atoms with Crippen molar-refractivity contribution in [2.45, 2.75) is 32.7 Å². The molecule has 1 saturated heterocycles. The molecular weight excluding hydrogens is 176 g/mol. The summed E-state index contributed by atoms with van der Waals surface area (Å²) in [6.07, 6.45) is 6.28. The van der Waals surface area contributed by atoms with E-state index in [2.05, 4.69) is 30.6 Å². The molecule has 2 atom stereocenters. The molecule has 2 N–H and O–H groups in total. The van der Waals surface area contributed by atoms with Gasteiger partial charge in [0, 0.05) is 5.70 Å². The average Bonchev–Trinajstić information content (AvgIpc) is 2.55. The molecule has 0 aromatic carbocycles. The molecule has 2 rings (SSSR count). The van der Waals surface area contributed by atoms with Crippen LogP contribution in [0.5, 0.6) is 0 Å². The maximum Gasteiger partial charge on any atom is 0.319 e. The normalized spacial score (nSPS) is 27.0. The lowest BCUT2D eigenvalue weighted by Gasteiger charge is -2.21. The molecule has 0 saturated carbocycles. The fraction of sp³-hybridized carbons (Fsp3) is 0.545. The second-order valence-electron chi connectivity index (χ2n) is 4.03. The summed E-state index contributed by atoms with van der Waals surface area (Å²) in [6.45, 7) is 4.42. The Morgan fingerprint density at radius 3 is 3.07 bits per heavy atom. The van der Waals surface area contributed by atoms with Gasteiger partial charge < -0.3 is 10.6 Å². The van der Waals surface area contributed by atoms with Crippen LogP contribution in [0, 0.1) is 5.92 Å². The summed E-state index contributed by atoms with van der Waals surface area (Å²) in [5.41, 5.74) is 2.45. The average molecular weight is 192 g/mol. The van der Waals surface area contributed by atoms with E-state index in [9.17, 15) is 4.79 Å². The van der Waals surface area contributed by atoms with E-state index in [4.69, 9.17) is 0 Å². The fourth-order valence-corrected chi connectivity index (χ4v) is 1.94. The fourth-order valence-electron chi connectivity index (χ4n) is 1.94. The van der Waals surface area contributed by atoms with Crippen LogP contribution in [0.2, 0.25) is 0 Å². The number of nitrogens with one attached hydrogen (secondary N) is 2. The van der Waals surface area contributed by atoms with Crippen molar-refractivity contribution in [3.8, 4) is 0 Å². The highest BCUT2D eigenvalue weighted by molar-refractivity contribution is 5.80. The standard InChI is InChI=1S/C11H16N2O/c1-3-7(2)8-4-5-9-10(6-8)13-11(14)12-9/h4-5,7,10H,3,6H2,1-2H3,(H2,12,13,14). The first-order valence-electron chi connectivity index (χ1n) is 5.19. The van der Waals surface area contributed by atoms with Gasteiger partial charge in [0.15, 0.2) is 0 Å². The van der Waals surface area contributed by atoms with E-state index in [-0.39, 0.29) is 12.1 Å². The molecule has 2 amide bonds. The number of amides is 2. The molecule has 3 heteroatoms. The Morgan fingerprint density at radius 2 is 2.36 bits per heavy atom. The van der Waals surface area contributed by atoms with Crippen LogP contribution >= 0.6 is 0 Å². The zero-order valence-corrected chi connectivity index (χ0v) is 8.63. The van der Waals surface area contributed by atoms with Gasteiger partial charge in [-0.05, 0) is 24.8 Å². The van der Waals surface area contributed by atoms with Crippen LogP contribution < -0.4 is 10.6 Å². The summed E-state index contributed by atoms with van der Waals surface area (Å²) in [5, 5.41) is 5.71. The van der Waals surface area contributed by atoms with Crippen molar-refractivity contribution in [2.24, 2.45) is 5.92 Å². The van der Waals surface area contributed by atoms with Crippen LogP contribution in [-0.4, -0.2) is 12.1 Å². The number of carbonyl (C=O) groups is 1. The van der Waals surface area contributed by atoms with Crippen LogP contribution in [0.1, 0.15) is 26.7 Å². The summed E-state index contributed by atoms with van der Waals surface area (Å²) < 4.78 is 0. The van der Waals surface area contributed by atoms with E-state index >= 15 is 0 Å². The third kappa shape index (κ3) is 1.54. The van der Waals surface area contributed by atoms with Crippen molar-refractivity contribution in [2.75, 3.05) is 0 Å². The van der Waals surface area contributed by atoms with Crippen molar-refractivity contribution >= 4 is 6.03 Å². The molecule has 76 valence electrons. The molecule has 2 unspecified atom stereocenters. The zero-order chi connectivity index (χ0) is 10.1. The van der Waals surface area contributed by atoms with Crippen molar-refractivity contribution in [3.05, 3.63) is 23.4 Å². The molecule has 0 radical (unpaired) electrons. The van der Waals surface area contributed by atoms with Crippen molar-refractivity contribution in [3.63, 3.8) is 0 Å². The second kappa shape index (κ2) is 3.48. The van der Waals surface area contributed by atoms with E-state index < -0.39 is 0 Å². The van der Waals surface area contributed by atoms with Gasteiger partial charge in [-0.25, -0.2) is 4.79 Å². The summed E-state index contributed by atoms with van der Waals surface area (Å²) >= 11 is 0. The molecule has 0 bridgehead atoms. The Kier molecular flexibility index (Phi) is 2.32. The van der Waals surface area contributed by atoms with Crippen molar-refractivity contribution < 1.29 is 4.79 Å². The lowest BCUT2D eigenvalue weighted by atomic mass is 9.88. The molecule has 2 aliphatic rings. The highest BCUT2D eigenvalue weighted by atomic mass is 16.2. The summed E-state index contributed by atoms with van der Waals surface area (Å²) in [5.74, 6) is 0.616. The lowest BCUT2D eigenvalue weighted by molar-refractivity contribution is 0.247. The van der Waals surface area contributed by atoms with Gasteiger partial charge in [-0.2, -0.15) is 0 Å². The highest BCUT2D eigenvalue weighted by Gasteiger charge is 2.29. The maximum atomic E-state index is 11.1. The Hall–Kier alpha value is -1.25. The molecular formula is C11H16N2O. The molecule has 0 aromatic rings. The summed E-state index contributed by atoms with van der Waals surface area (Å²) in [7, 11) is 0. The highest BCUT2D eigenvalue weighted by Crippen LogP contribution is 2.27. The van der Waals surface area contributed by atoms with E-state index in [1.807, 2.05) is 6.08 Å². The maximum absolute atomic E-state index is 11.1. The molecule has 1 aliphatic carbocycles. The number of hydrogen-bond donors (Lipinski definition) is 2. The summed E-state index contributed by atoms with van der Waals surface area (Å²) in [6, 6.07) is 0.122. The first kappa shape index (κ1) is 9.31. The van der Waals surface area contributed by atoms with Crippen LogP contribution in [0.15, 0.2) is 23.4 Å². The van der Waals surface area contributed by atoms with E-state index in [0.29, 0.717) is 5.92 Å². The first-order chi connectivity index (χ1) is 6.70. The van der Waals surface area contributed by atoms with Crippen LogP contribution in [-0.2, 0) is 0 Å². The number of allylic oxidation sites excluding steroid dienone is 2. The Morgan fingerprint density at radius 1 is 1.57 bits per heavy atom. The Balaban J connectivity index is 2.12. The van der Waals surface area contributed by atoms with Crippen molar-refractivity contribution in [1.82, 2.24) is 10.6 Å². The molecule has 1 fully saturated rings. The molecule has 1 heterocycles. The Labute approximate surface area is 84.3 Å². The summed E-state index contributed by atoms with van der Waals surface area (Å²) in [4.78, 5) is 11.1. The Bertz CT molecular complexity index is 317. The van der Waals surface area contributed by atoms with Crippen molar-refractivity contribution in [1.29, 1.82) is 0 Å². The number of carbonyl (C=O) groups excluding carboxylic acids is 1. The predicted octanol–water partition coefficient (Wildman–Crippen LogP) is 1.93. The minimum Gasteiger partial charge on any atom is -0.329 e. The van der Waals surface area contributed by atoms with Gasteiger partial charge in [0.05, 0.1) is 6.04 Å². The number of urea groups is 1. The van der Waals surface area contributed by atoms with Gasteiger partial charge in [-0.15, -0.1) is 0 Å². The van der Waals surface area contributed by atoms with Gasteiger partial charge >= 0.3 is 6.03 Å². The number of fused-ring (bicyclic) bond motifs is 1. The molecule has 1 aliphatic heterocycles. The predicted molar refractivity (Wildman–Crippen MR) is 55.7 cm³/mol. The van der Waals surface area contributed by atoms with Gasteiger partial charge in [0.2, 0.25) is 0 Å². The third-order valence-corrected chi connectivity index (χ3v) is 3.10. The zero-order valence-electron chi connectivity index (χ0n) is 8.63. The minimum absolute atomic E-state index is 0.0694. The lowest BCUT2D eigenvalue weighted by Crippen LogP contribution is -2.28. The van der Waals surface area contributed by atoms with Gasteiger partial charge in [-0.1, -0.05) is 25.5 Å². The topological polar surface area (TPSA) is 41.1 Å². The van der Waals surface area contributed by atoms with Gasteiger partial charge in [-0.3, -0.25) is 0 Å². The van der Waals surface area contributed by atoms with Crippen LogP contribution in [0.25, 0.3) is 0 Å². The molecule has 0 spiro atoms. The largest absolute Gasteiger partial charge is 0.329 e.